The smallest absolute Gasteiger partial charge is 0.331 e. The van der Waals surface area contributed by atoms with E-state index in [0.717, 1.165) is 49.7 Å². The molecular formula is C27H37NO5. The van der Waals surface area contributed by atoms with Crippen molar-refractivity contribution in [1.29, 1.82) is 0 Å². The SMILES string of the molecule is CCCCOc1c(C)c(OC)c(C)c(/C=C(\CCCCCc2cccnc2)C(=O)O)c1OC. The van der Waals surface area contributed by atoms with Gasteiger partial charge in [0.2, 0.25) is 0 Å². The lowest BCUT2D eigenvalue weighted by Crippen LogP contribution is -2.07. The molecule has 2 aromatic rings. The Kier molecular flexibility index (Phi) is 10.7. The Hall–Kier alpha value is -3.02. The van der Waals surface area contributed by atoms with Crippen LogP contribution in [0, 0.1) is 13.8 Å². The van der Waals surface area contributed by atoms with Crippen LogP contribution in [0.5, 0.6) is 17.2 Å². The number of ether oxygens (including phenoxy) is 3. The monoisotopic (exact) mass is 455 g/mol. The summed E-state index contributed by atoms with van der Waals surface area (Å²) in [5, 5.41) is 9.87. The van der Waals surface area contributed by atoms with Gasteiger partial charge in [-0.25, -0.2) is 4.79 Å². The van der Waals surface area contributed by atoms with Crippen LogP contribution in [0.15, 0.2) is 30.1 Å². The quantitative estimate of drug-likeness (QED) is 0.271. The fourth-order valence-corrected chi connectivity index (χ4v) is 3.93. The first-order chi connectivity index (χ1) is 15.9. The number of pyridine rings is 1. The predicted octanol–water partition coefficient (Wildman–Crippen LogP) is 6.17. The number of carboxylic acids is 1. The molecule has 0 saturated carbocycles. The molecule has 0 unspecified atom stereocenters. The zero-order valence-corrected chi connectivity index (χ0v) is 20.6. The highest BCUT2D eigenvalue weighted by Crippen LogP contribution is 2.44. The van der Waals surface area contributed by atoms with Crippen LogP contribution in [0.3, 0.4) is 0 Å². The van der Waals surface area contributed by atoms with Crippen LogP contribution in [-0.4, -0.2) is 36.9 Å². The summed E-state index contributed by atoms with van der Waals surface area (Å²) in [6.45, 7) is 6.52. The van der Waals surface area contributed by atoms with Gasteiger partial charge in [0, 0.05) is 34.7 Å². The van der Waals surface area contributed by atoms with Crippen molar-refractivity contribution in [3.63, 3.8) is 0 Å². The first-order valence-corrected chi connectivity index (χ1v) is 11.6. The normalized spacial score (nSPS) is 11.4. The van der Waals surface area contributed by atoms with E-state index in [2.05, 4.69) is 18.0 Å². The second-order valence-electron chi connectivity index (χ2n) is 8.16. The average Bonchev–Trinajstić information content (AvgIpc) is 2.81. The van der Waals surface area contributed by atoms with Crippen molar-refractivity contribution in [3.8, 4) is 17.2 Å². The third-order valence-electron chi connectivity index (χ3n) is 5.76. The summed E-state index contributed by atoms with van der Waals surface area (Å²) in [7, 11) is 3.20. The van der Waals surface area contributed by atoms with E-state index in [0.29, 0.717) is 41.4 Å². The summed E-state index contributed by atoms with van der Waals surface area (Å²) in [6.07, 6.45) is 11.5. The number of aliphatic carboxylic acids is 1. The van der Waals surface area contributed by atoms with E-state index in [4.69, 9.17) is 14.2 Å². The molecule has 0 amide bonds. The number of carboxylic acid groups (broad SMARTS) is 1. The van der Waals surface area contributed by atoms with Gasteiger partial charge >= 0.3 is 5.97 Å². The van der Waals surface area contributed by atoms with Gasteiger partial charge in [-0.15, -0.1) is 0 Å². The molecule has 0 atom stereocenters. The van der Waals surface area contributed by atoms with E-state index >= 15 is 0 Å². The van der Waals surface area contributed by atoms with Crippen molar-refractivity contribution in [2.24, 2.45) is 0 Å². The van der Waals surface area contributed by atoms with E-state index in [1.54, 1.807) is 26.5 Å². The third kappa shape index (κ3) is 7.24. The van der Waals surface area contributed by atoms with E-state index in [9.17, 15) is 9.90 Å². The highest BCUT2D eigenvalue weighted by atomic mass is 16.5. The Morgan fingerprint density at radius 3 is 2.39 bits per heavy atom. The van der Waals surface area contributed by atoms with Crippen LogP contribution < -0.4 is 14.2 Å². The first kappa shape index (κ1) is 26.2. The fraction of sp³-hybridized carbons (Fsp3) is 0.481. The summed E-state index contributed by atoms with van der Waals surface area (Å²) in [5.74, 6) is 0.935. The van der Waals surface area contributed by atoms with Crippen LogP contribution in [0.25, 0.3) is 6.08 Å². The highest BCUT2D eigenvalue weighted by molar-refractivity contribution is 5.93. The standard InChI is InChI=1S/C27H37NO5/c1-6-7-16-33-25-20(3)24(31-4)19(2)23(26(25)32-5)17-22(27(29)30)14-10-8-9-12-21-13-11-15-28-18-21/h11,13,15,17-18H,6-10,12,14,16H2,1-5H3,(H,29,30)/b22-17+. The zero-order chi connectivity index (χ0) is 24.2. The second kappa shape index (κ2) is 13.5. The van der Waals surface area contributed by atoms with Crippen molar-refractivity contribution in [2.75, 3.05) is 20.8 Å². The van der Waals surface area contributed by atoms with Gasteiger partial charge in [0.15, 0.2) is 11.5 Å². The number of benzene rings is 1. The van der Waals surface area contributed by atoms with Crippen molar-refractivity contribution < 1.29 is 24.1 Å². The molecule has 0 radical (unpaired) electrons. The molecule has 0 spiro atoms. The number of hydrogen-bond donors (Lipinski definition) is 1. The predicted molar refractivity (Wildman–Crippen MR) is 131 cm³/mol. The maximum Gasteiger partial charge on any atom is 0.331 e. The number of aryl methyl sites for hydroxylation is 1. The zero-order valence-electron chi connectivity index (χ0n) is 20.6. The Morgan fingerprint density at radius 1 is 1.03 bits per heavy atom. The Bertz CT molecular complexity index is 938. The summed E-state index contributed by atoms with van der Waals surface area (Å²) in [6, 6.07) is 4.00. The minimum Gasteiger partial charge on any atom is -0.496 e. The van der Waals surface area contributed by atoms with Gasteiger partial charge < -0.3 is 19.3 Å². The molecule has 0 saturated heterocycles. The van der Waals surface area contributed by atoms with Crippen LogP contribution in [-0.2, 0) is 11.2 Å². The van der Waals surface area contributed by atoms with Crippen LogP contribution in [0.2, 0.25) is 0 Å². The lowest BCUT2D eigenvalue weighted by molar-refractivity contribution is -0.132. The van der Waals surface area contributed by atoms with Crippen LogP contribution in [0.4, 0.5) is 0 Å². The maximum absolute atomic E-state index is 12.0. The van der Waals surface area contributed by atoms with Crippen molar-refractivity contribution >= 4 is 12.0 Å². The topological polar surface area (TPSA) is 77.9 Å². The summed E-state index contributed by atoms with van der Waals surface area (Å²) >= 11 is 0. The van der Waals surface area contributed by atoms with Crippen LogP contribution >= 0.6 is 0 Å². The van der Waals surface area contributed by atoms with Gasteiger partial charge in [0.25, 0.3) is 0 Å². The third-order valence-corrected chi connectivity index (χ3v) is 5.76. The van der Waals surface area contributed by atoms with E-state index in [-0.39, 0.29) is 0 Å². The van der Waals surface area contributed by atoms with Crippen molar-refractivity contribution in [1.82, 2.24) is 4.98 Å². The lowest BCUT2D eigenvalue weighted by Gasteiger charge is -2.21. The van der Waals surface area contributed by atoms with Gasteiger partial charge in [-0.1, -0.05) is 25.8 Å². The molecule has 6 nitrogen and oxygen atoms in total. The number of unbranched alkanes of at least 4 members (excludes halogenated alkanes) is 3. The molecule has 0 fully saturated rings. The number of hydrogen-bond acceptors (Lipinski definition) is 5. The van der Waals surface area contributed by atoms with Gasteiger partial charge in [0.05, 0.1) is 20.8 Å². The highest BCUT2D eigenvalue weighted by Gasteiger charge is 2.22. The molecule has 33 heavy (non-hydrogen) atoms. The van der Waals surface area contributed by atoms with Crippen molar-refractivity contribution in [3.05, 3.63) is 52.4 Å². The first-order valence-electron chi connectivity index (χ1n) is 11.6. The van der Waals surface area contributed by atoms with Gasteiger partial charge in [-0.3, -0.25) is 4.98 Å². The van der Waals surface area contributed by atoms with Crippen LogP contribution in [0.1, 0.15) is 67.7 Å². The molecule has 0 bridgehead atoms. The number of rotatable bonds is 14. The largest absolute Gasteiger partial charge is 0.496 e. The van der Waals surface area contributed by atoms with Gasteiger partial charge in [-0.05, 0) is 63.7 Å². The number of methoxy groups -OCH3 is 2. The molecule has 1 aromatic carbocycles. The van der Waals surface area contributed by atoms with E-state index in [1.807, 2.05) is 26.1 Å². The lowest BCUT2D eigenvalue weighted by atomic mass is 9.97. The molecule has 0 aliphatic heterocycles. The fourth-order valence-electron chi connectivity index (χ4n) is 3.93. The van der Waals surface area contributed by atoms with Gasteiger partial charge in [-0.2, -0.15) is 0 Å². The Labute approximate surface area is 197 Å². The molecule has 0 aliphatic carbocycles. The van der Waals surface area contributed by atoms with E-state index in [1.165, 1.54) is 5.56 Å². The summed E-state index contributed by atoms with van der Waals surface area (Å²) in [4.78, 5) is 16.2. The molecule has 2 rings (SSSR count). The Balaban J connectivity index is 2.25. The molecular weight excluding hydrogens is 418 g/mol. The second-order valence-corrected chi connectivity index (χ2v) is 8.16. The molecule has 1 aromatic heterocycles. The van der Waals surface area contributed by atoms with E-state index < -0.39 is 5.97 Å². The molecule has 1 N–H and O–H groups in total. The minimum atomic E-state index is -0.920. The number of aromatic nitrogens is 1. The van der Waals surface area contributed by atoms with Crippen molar-refractivity contribution in [2.45, 2.75) is 65.7 Å². The average molecular weight is 456 g/mol. The molecule has 6 heteroatoms. The minimum absolute atomic E-state index is 0.350. The Morgan fingerprint density at radius 2 is 1.79 bits per heavy atom. The summed E-state index contributed by atoms with van der Waals surface area (Å²) < 4.78 is 17.4. The molecule has 180 valence electrons. The van der Waals surface area contributed by atoms with Gasteiger partial charge in [0.1, 0.15) is 5.75 Å². The molecule has 1 heterocycles. The molecule has 0 aliphatic rings. The maximum atomic E-state index is 12.0. The summed E-state index contributed by atoms with van der Waals surface area (Å²) in [5.41, 5.74) is 3.94. The number of nitrogens with zero attached hydrogens (tertiary/aromatic N) is 1. The number of carbonyl (C=O) groups is 1.